The molecule has 13 heavy (non-hydrogen) atoms. The first-order valence-corrected chi connectivity index (χ1v) is 4.43. The molecule has 0 radical (unpaired) electrons. The zero-order valence-corrected chi connectivity index (χ0v) is 7.21. The molecule has 0 aromatic carbocycles. The van der Waals surface area contributed by atoms with E-state index in [0.29, 0.717) is 26.1 Å². The van der Waals surface area contributed by atoms with E-state index in [1.54, 1.807) is 0 Å². The van der Waals surface area contributed by atoms with Gasteiger partial charge in [-0.1, -0.05) is 0 Å². The Bertz CT molecular complexity index is 238. The summed E-state index contributed by atoms with van der Waals surface area (Å²) in [6, 6.07) is -0.182. The van der Waals surface area contributed by atoms with Crippen LogP contribution in [0.15, 0.2) is 0 Å². The maximum atomic E-state index is 11.4. The van der Waals surface area contributed by atoms with Crippen molar-refractivity contribution in [1.29, 1.82) is 0 Å². The van der Waals surface area contributed by atoms with Crippen molar-refractivity contribution in [3.8, 4) is 0 Å². The summed E-state index contributed by atoms with van der Waals surface area (Å²) in [5.74, 6) is -0.121. The van der Waals surface area contributed by atoms with Crippen LogP contribution >= 0.6 is 0 Å². The number of carbonyl (C=O) groups excluding carboxylic acids is 2. The van der Waals surface area contributed by atoms with Gasteiger partial charge < -0.3 is 15.4 Å². The number of ether oxygens (including phenoxy) is 1. The van der Waals surface area contributed by atoms with Gasteiger partial charge in [0.15, 0.2) is 0 Å². The lowest BCUT2D eigenvalue weighted by atomic mass is 10.2. The molecule has 2 aliphatic heterocycles. The van der Waals surface area contributed by atoms with Crippen molar-refractivity contribution < 1.29 is 14.3 Å². The molecule has 5 nitrogen and oxygen atoms in total. The number of carbonyl (C=O) groups is 2. The third kappa shape index (κ3) is 1.80. The van der Waals surface area contributed by atoms with Crippen LogP contribution in [0.4, 0.5) is 0 Å². The van der Waals surface area contributed by atoms with Gasteiger partial charge in [-0.25, -0.2) is 0 Å². The second-order valence-electron chi connectivity index (χ2n) is 3.40. The molecule has 2 aliphatic rings. The van der Waals surface area contributed by atoms with Crippen molar-refractivity contribution in [3.05, 3.63) is 0 Å². The van der Waals surface area contributed by atoms with E-state index in [9.17, 15) is 9.59 Å². The van der Waals surface area contributed by atoms with E-state index in [1.807, 2.05) is 0 Å². The first kappa shape index (κ1) is 8.50. The molecule has 2 heterocycles. The van der Waals surface area contributed by atoms with Crippen molar-refractivity contribution in [2.75, 3.05) is 13.2 Å². The lowest BCUT2D eigenvalue weighted by molar-refractivity contribution is -0.128. The van der Waals surface area contributed by atoms with Crippen LogP contribution in [0, 0.1) is 0 Å². The molecule has 0 saturated carbocycles. The van der Waals surface area contributed by atoms with Gasteiger partial charge in [0.25, 0.3) is 0 Å². The molecule has 0 spiro atoms. The standard InChI is InChI=1S/C8H12N2O3/c11-7-2-1-6(10-7)8(12)9-5-3-13-4-5/h5-6H,1-4H2,(H,9,12)(H,10,11)/t6-/m0/s1. The summed E-state index contributed by atoms with van der Waals surface area (Å²) in [4.78, 5) is 22.2. The molecule has 1 atom stereocenters. The third-order valence-electron chi connectivity index (χ3n) is 2.30. The molecule has 0 aromatic heterocycles. The predicted octanol–water partition coefficient (Wildman–Crippen LogP) is -1.22. The molecule has 0 aliphatic carbocycles. The fourth-order valence-electron chi connectivity index (χ4n) is 1.43. The average molecular weight is 184 g/mol. The highest BCUT2D eigenvalue weighted by Crippen LogP contribution is 2.08. The van der Waals surface area contributed by atoms with Crippen molar-refractivity contribution in [3.63, 3.8) is 0 Å². The number of nitrogens with one attached hydrogen (secondary N) is 2. The number of rotatable bonds is 2. The van der Waals surface area contributed by atoms with Crippen LogP contribution in [0.5, 0.6) is 0 Å². The molecular formula is C8H12N2O3. The zero-order valence-electron chi connectivity index (χ0n) is 7.21. The highest BCUT2D eigenvalue weighted by atomic mass is 16.5. The molecule has 2 rings (SSSR count). The summed E-state index contributed by atoms with van der Waals surface area (Å²) >= 11 is 0. The van der Waals surface area contributed by atoms with E-state index in [-0.39, 0.29) is 23.9 Å². The molecule has 2 N–H and O–H groups in total. The van der Waals surface area contributed by atoms with Crippen LogP contribution in [0.3, 0.4) is 0 Å². The van der Waals surface area contributed by atoms with Crippen LogP contribution in [0.25, 0.3) is 0 Å². The Kier molecular flexibility index (Phi) is 2.18. The first-order chi connectivity index (χ1) is 6.25. The number of amides is 2. The number of hydrogen-bond donors (Lipinski definition) is 2. The molecular weight excluding hydrogens is 172 g/mol. The topological polar surface area (TPSA) is 67.4 Å². The van der Waals surface area contributed by atoms with Gasteiger partial charge in [0.1, 0.15) is 6.04 Å². The lowest BCUT2D eigenvalue weighted by Gasteiger charge is -2.27. The monoisotopic (exact) mass is 184 g/mol. The summed E-state index contributed by atoms with van der Waals surface area (Å²) < 4.78 is 4.92. The smallest absolute Gasteiger partial charge is 0.242 e. The van der Waals surface area contributed by atoms with E-state index >= 15 is 0 Å². The number of hydrogen-bond acceptors (Lipinski definition) is 3. The zero-order chi connectivity index (χ0) is 9.26. The molecule has 5 heteroatoms. The summed E-state index contributed by atoms with van der Waals surface area (Å²) in [7, 11) is 0. The Morgan fingerprint density at radius 3 is 2.77 bits per heavy atom. The highest BCUT2D eigenvalue weighted by Gasteiger charge is 2.30. The SMILES string of the molecule is O=C1CC[C@@H](C(=O)NC2COC2)N1. The minimum Gasteiger partial charge on any atom is -0.377 e. The van der Waals surface area contributed by atoms with Crippen LogP contribution < -0.4 is 10.6 Å². The third-order valence-corrected chi connectivity index (χ3v) is 2.30. The van der Waals surface area contributed by atoms with Gasteiger partial charge in [0, 0.05) is 6.42 Å². The predicted molar refractivity (Wildman–Crippen MR) is 43.9 cm³/mol. The summed E-state index contributed by atoms with van der Waals surface area (Å²) in [5.41, 5.74) is 0. The van der Waals surface area contributed by atoms with E-state index in [0.717, 1.165) is 0 Å². The second-order valence-corrected chi connectivity index (χ2v) is 3.40. The van der Waals surface area contributed by atoms with E-state index in [2.05, 4.69) is 10.6 Å². The summed E-state index contributed by atoms with van der Waals surface area (Å²) in [5, 5.41) is 5.42. The van der Waals surface area contributed by atoms with E-state index in [1.165, 1.54) is 0 Å². The molecule has 72 valence electrons. The van der Waals surface area contributed by atoms with Crippen molar-refractivity contribution in [1.82, 2.24) is 10.6 Å². The normalized spacial score (nSPS) is 28.0. The van der Waals surface area contributed by atoms with E-state index in [4.69, 9.17) is 4.74 Å². The lowest BCUT2D eigenvalue weighted by Crippen LogP contribution is -2.53. The molecule has 2 amide bonds. The Balaban J connectivity index is 1.79. The Morgan fingerprint density at radius 1 is 1.54 bits per heavy atom. The first-order valence-electron chi connectivity index (χ1n) is 4.43. The largest absolute Gasteiger partial charge is 0.377 e. The van der Waals surface area contributed by atoms with Gasteiger partial charge in [-0.3, -0.25) is 9.59 Å². The van der Waals surface area contributed by atoms with Crippen LogP contribution in [0.1, 0.15) is 12.8 Å². The molecule has 2 fully saturated rings. The van der Waals surface area contributed by atoms with Gasteiger partial charge in [0.2, 0.25) is 11.8 Å². The summed E-state index contributed by atoms with van der Waals surface area (Å²) in [6.45, 7) is 1.18. The maximum absolute atomic E-state index is 11.4. The van der Waals surface area contributed by atoms with Gasteiger partial charge in [-0.15, -0.1) is 0 Å². The Labute approximate surface area is 75.8 Å². The quantitative estimate of drug-likeness (QED) is 0.565. The average Bonchev–Trinajstić information content (AvgIpc) is 2.44. The Hall–Kier alpha value is -1.10. The van der Waals surface area contributed by atoms with Gasteiger partial charge in [-0.05, 0) is 6.42 Å². The van der Waals surface area contributed by atoms with Crippen LogP contribution in [-0.4, -0.2) is 37.1 Å². The fraction of sp³-hybridized carbons (Fsp3) is 0.750. The molecule has 0 unspecified atom stereocenters. The Morgan fingerprint density at radius 2 is 2.31 bits per heavy atom. The van der Waals surface area contributed by atoms with Gasteiger partial charge in [0.05, 0.1) is 19.3 Å². The molecule has 0 aromatic rings. The minimum absolute atomic E-state index is 0.0370. The second kappa shape index (κ2) is 3.33. The van der Waals surface area contributed by atoms with Crippen LogP contribution in [0.2, 0.25) is 0 Å². The molecule has 0 bridgehead atoms. The minimum atomic E-state index is -0.326. The van der Waals surface area contributed by atoms with Crippen LogP contribution in [-0.2, 0) is 14.3 Å². The molecule has 2 saturated heterocycles. The van der Waals surface area contributed by atoms with Crippen molar-refractivity contribution >= 4 is 11.8 Å². The van der Waals surface area contributed by atoms with Gasteiger partial charge >= 0.3 is 0 Å². The van der Waals surface area contributed by atoms with Crippen molar-refractivity contribution in [2.24, 2.45) is 0 Å². The van der Waals surface area contributed by atoms with Crippen molar-refractivity contribution in [2.45, 2.75) is 24.9 Å². The summed E-state index contributed by atoms with van der Waals surface area (Å²) in [6.07, 6.45) is 1.07. The highest BCUT2D eigenvalue weighted by molar-refractivity contribution is 5.90. The fourth-order valence-corrected chi connectivity index (χ4v) is 1.43. The van der Waals surface area contributed by atoms with E-state index < -0.39 is 0 Å². The maximum Gasteiger partial charge on any atom is 0.242 e. The van der Waals surface area contributed by atoms with Gasteiger partial charge in [-0.2, -0.15) is 0 Å².